The minimum absolute atomic E-state index is 0.00109. The van der Waals surface area contributed by atoms with E-state index in [1.165, 1.54) is 11.1 Å². The van der Waals surface area contributed by atoms with Crippen molar-refractivity contribution in [3.8, 4) is 0 Å². The van der Waals surface area contributed by atoms with Crippen molar-refractivity contribution in [1.82, 2.24) is 10.2 Å². The van der Waals surface area contributed by atoms with E-state index in [-0.39, 0.29) is 11.9 Å². The molecule has 0 aliphatic heterocycles. The average molecular weight is 337 g/mol. The fourth-order valence-corrected chi connectivity index (χ4v) is 2.81. The number of hydrogen-bond donors (Lipinski definition) is 0. The fourth-order valence-electron chi connectivity index (χ4n) is 2.81. The molecule has 1 aliphatic carbocycles. The standard InChI is InChI=1S/C21H27N3O/c1-15-9-7-6-8-10-20(12-11-15)14-17(3)24(19(5)25)21-13-16(2)18(4)22-23-21/h6-7,9-13,17H,8,14H2,1-5H3/t17-/m1/s1. The van der Waals surface area contributed by atoms with Gasteiger partial charge < -0.3 is 0 Å². The van der Waals surface area contributed by atoms with E-state index in [0.29, 0.717) is 5.82 Å². The summed E-state index contributed by atoms with van der Waals surface area (Å²) in [6.07, 6.45) is 14.4. The van der Waals surface area contributed by atoms with Gasteiger partial charge in [0.05, 0.1) is 5.69 Å². The molecule has 0 bridgehead atoms. The second-order valence-electron chi connectivity index (χ2n) is 6.60. The van der Waals surface area contributed by atoms with Crippen LogP contribution in [-0.4, -0.2) is 22.1 Å². The normalized spacial score (nSPS) is 15.6. The number of rotatable bonds is 4. The van der Waals surface area contributed by atoms with Crippen LogP contribution in [0.5, 0.6) is 0 Å². The predicted octanol–water partition coefficient (Wildman–Crippen LogP) is 4.61. The van der Waals surface area contributed by atoms with Gasteiger partial charge in [0.25, 0.3) is 0 Å². The Morgan fingerprint density at radius 3 is 2.68 bits per heavy atom. The molecule has 25 heavy (non-hydrogen) atoms. The third-order valence-corrected chi connectivity index (χ3v) is 4.35. The molecule has 1 aromatic heterocycles. The van der Waals surface area contributed by atoms with Gasteiger partial charge in [-0.3, -0.25) is 9.69 Å². The number of carbonyl (C=O) groups is 1. The molecule has 0 radical (unpaired) electrons. The third-order valence-electron chi connectivity index (χ3n) is 4.35. The van der Waals surface area contributed by atoms with Crippen molar-refractivity contribution in [3.63, 3.8) is 0 Å². The molecule has 0 N–H and O–H groups in total. The first-order valence-electron chi connectivity index (χ1n) is 8.69. The molecule has 132 valence electrons. The molecule has 1 atom stereocenters. The molecule has 0 aromatic carbocycles. The van der Waals surface area contributed by atoms with Crippen LogP contribution in [0.3, 0.4) is 0 Å². The van der Waals surface area contributed by atoms with Gasteiger partial charge in [0.2, 0.25) is 5.91 Å². The van der Waals surface area contributed by atoms with Crippen LogP contribution >= 0.6 is 0 Å². The smallest absolute Gasteiger partial charge is 0.225 e. The van der Waals surface area contributed by atoms with E-state index >= 15 is 0 Å². The second-order valence-corrected chi connectivity index (χ2v) is 6.60. The minimum Gasteiger partial charge on any atom is -0.292 e. The van der Waals surface area contributed by atoms with Crippen LogP contribution in [0.2, 0.25) is 0 Å². The number of amides is 1. The number of aryl methyl sites for hydroxylation is 2. The zero-order valence-corrected chi connectivity index (χ0v) is 15.8. The van der Waals surface area contributed by atoms with E-state index in [1.807, 2.05) is 19.9 Å². The Kier molecular flexibility index (Phi) is 6.45. The summed E-state index contributed by atoms with van der Waals surface area (Å²) in [5, 5.41) is 8.40. The highest BCUT2D eigenvalue weighted by atomic mass is 16.2. The van der Waals surface area contributed by atoms with Crippen molar-refractivity contribution < 1.29 is 4.79 Å². The summed E-state index contributed by atoms with van der Waals surface area (Å²) in [6, 6.07) is 1.93. The first-order valence-corrected chi connectivity index (χ1v) is 8.69. The molecule has 0 fully saturated rings. The molecular formula is C21H27N3O. The number of anilines is 1. The van der Waals surface area contributed by atoms with Gasteiger partial charge in [-0.2, -0.15) is 5.10 Å². The number of nitrogens with zero attached hydrogens (tertiary/aromatic N) is 3. The minimum atomic E-state index is -0.0197. The maximum atomic E-state index is 12.3. The van der Waals surface area contributed by atoms with Crippen molar-refractivity contribution >= 4 is 11.7 Å². The maximum Gasteiger partial charge on any atom is 0.225 e. The second kappa shape index (κ2) is 8.56. The van der Waals surface area contributed by atoms with Crippen molar-refractivity contribution in [1.29, 1.82) is 0 Å². The van der Waals surface area contributed by atoms with Gasteiger partial charge in [-0.05, 0) is 57.7 Å². The van der Waals surface area contributed by atoms with Crippen molar-refractivity contribution in [2.24, 2.45) is 0 Å². The fraction of sp³-hybridized carbons (Fsp3) is 0.381. The molecule has 1 amide bonds. The lowest BCUT2D eigenvalue weighted by Gasteiger charge is -2.27. The third kappa shape index (κ3) is 5.24. The van der Waals surface area contributed by atoms with E-state index in [9.17, 15) is 4.79 Å². The van der Waals surface area contributed by atoms with Crippen LogP contribution in [0.15, 0.2) is 53.7 Å². The zero-order valence-electron chi connectivity index (χ0n) is 15.8. The van der Waals surface area contributed by atoms with Gasteiger partial charge in [-0.15, -0.1) is 5.10 Å². The Balaban J connectivity index is 2.24. The van der Waals surface area contributed by atoms with Crippen LogP contribution in [0, 0.1) is 13.8 Å². The summed E-state index contributed by atoms with van der Waals surface area (Å²) in [7, 11) is 0. The molecule has 0 spiro atoms. The van der Waals surface area contributed by atoms with Gasteiger partial charge in [0.1, 0.15) is 0 Å². The molecule has 2 rings (SSSR count). The summed E-state index contributed by atoms with van der Waals surface area (Å²) >= 11 is 0. The molecule has 0 saturated carbocycles. The van der Waals surface area contributed by atoms with Crippen LogP contribution in [0.4, 0.5) is 5.82 Å². The Morgan fingerprint density at radius 2 is 2.00 bits per heavy atom. The van der Waals surface area contributed by atoms with Crippen molar-refractivity contribution in [3.05, 3.63) is 64.9 Å². The van der Waals surface area contributed by atoms with Crippen molar-refractivity contribution in [2.75, 3.05) is 4.90 Å². The number of allylic oxidation sites excluding steroid dienone is 7. The first-order chi connectivity index (χ1) is 11.9. The largest absolute Gasteiger partial charge is 0.292 e. The lowest BCUT2D eigenvalue weighted by atomic mass is 10.0. The lowest BCUT2D eigenvalue weighted by Crippen LogP contribution is -2.38. The summed E-state index contributed by atoms with van der Waals surface area (Å²) in [5.41, 5.74) is 4.35. The van der Waals surface area contributed by atoms with E-state index < -0.39 is 0 Å². The predicted molar refractivity (Wildman–Crippen MR) is 103 cm³/mol. The molecule has 1 aliphatic rings. The van der Waals surface area contributed by atoms with Gasteiger partial charge in [0.15, 0.2) is 5.82 Å². The quantitative estimate of drug-likeness (QED) is 0.806. The molecule has 4 nitrogen and oxygen atoms in total. The van der Waals surface area contributed by atoms with E-state index in [1.54, 1.807) is 11.8 Å². The van der Waals surface area contributed by atoms with E-state index in [0.717, 1.165) is 24.1 Å². The Labute approximate surface area is 150 Å². The SMILES string of the molecule is CC(=O)N(c1cc(C)c(C)nn1)[C@H](C)CC1=CCC=CC=C(C)C=C1. The Bertz CT molecular complexity index is 756. The number of hydrogen-bond acceptors (Lipinski definition) is 3. The van der Waals surface area contributed by atoms with Crippen LogP contribution in [-0.2, 0) is 4.79 Å². The summed E-state index contributed by atoms with van der Waals surface area (Å²) in [6.45, 7) is 9.62. The highest BCUT2D eigenvalue weighted by molar-refractivity contribution is 5.91. The summed E-state index contributed by atoms with van der Waals surface area (Å²) < 4.78 is 0. The maximum absolute atomic E-state index is 12.3. The number of carbonyl (C=O) groups excluding carboxylic acids is 1. The Hall–Kier alpha value is -2.49. The highest BCUT2D eigenvalue weighted by Gasteiger charge is 2.21. The van der Waals surface area contributed by atoms with Gasteiger partial charge in [-0.25, -0.2) is 0 Å². The van der Waals surface area contributed by atoms with E-state index in [2.05, 4.69) is 60.5 Å². The summed E-state index contributed by atoms with van der Waals surface area (Å²) in [4.78, 5) is 14.0. The number of aromatic nitrogens is 2. The topological polar surface area (TPSA) is 46.1 Å². The summed E-state index contributed by atoms with van der Waals surface area (Å²) in [5.74, 6) is 0.598. The lowest BCUT2D eigenvalue weighted by molar-refractivity contribution is -0.117. The van der Waals surface area contributed by atoms with Crippen LogP contribution in [0.1, 0.15) is 44.9 Å². The zero-order chi connectivity index (χ0) is 18.4. The van der Waals surface area contributed by atoms with Gasteiger partial charge in [0, 0.05) is 13.0 Å². The average Bonchev–Trinajstić information content (AvgIpc) is 2.64. The molecule has 0 unspecified atom stereocenters. The molecule has 1 aromatic rings. The van der Waals surface area contributed by atoms with Crippen molar-refractivity contribution in [2.45, 2.75) is 53.5 Å². The van der Waals surface area contributed by atoms with Crippen LogP contribution in [0.25, 0.3) is 0 Å². The monoisotopic (exact) mass is 337 g/mol. The first kappa shape index (κ1) is 18.8. The van der Waals surface area contributed by atoms with E-state index in [4.69, 9.17) is 0 Å². The highest BCUT2D eigenvalue weighted by Crippen LogP contribution is 2.22. The molecule has 4 heteroatoms. The molecular weight excluding hydrogens is 310 g/mol. The van der Waals surface area contributed by atoms with Gasteiger partial charge in [-0.1, -0.05) is 42.0 Å². The van der Waals surface area contributed by atoms with Crippen LogP contribution < -0.4 is 4.90 Å². The molecule has 0 saturated heterocycles. The van der Waals surface area contributed by atoms with Gasteiger partial charge >= 0.3 is 0 Å². The molecule has 1 heterocycles. The Morgan fingerprint density at radius 1 is 1.24 bits per heavy atom.